The van der Waals surface area contributed by atoms with Crippen LogP contribution in [0.2, 0.25) is 0 Å². The lowest BCUT2D eigenvalue weighted by atomic mass is 10.1. The molecule has 0 atom stereocenters. The molecule has 2 aromatic rings. The van der Waals surface area contributed by atoms with Crippen molar-refractivity contribution in [3.05, 3.63) is 46.3 Å². The molecule has 1 fully saturated rings. The number of hydrogen-bond acceptors (Lipinski definition) is 6. The Labute approximate surface area is 166 Å². The van der Waals surface area contributed by atoms with Gasteiger partial charge in [0.25, 0.3) is 0 Å². The summed E-state index contributed by atoms with van der Waals surface area (Å²) in [5.74, 6) is -0.828. The quantitative estimate of drug-likeness (QED) is 0.567. The van der Waals surface area contributed by atoms with Gasteiger partial charge in [0.1, 0.15) is 27.4 Å². The summed E-state index contributed by atoms with van der Waals surface area (Å²) in [4.78, 5) is 29.0. The van der Waals surface area contributed by atoms with Crippen molar-refractivity contribution in [3.8, 4) is 6.07 Å². The van der Waals surface area contributed by atoms with Gasteiger partial charge in [-0.1, -0.05) is 30.3 Å². The van der Waals surface area contributed by atoms with E-state index in [1.807, 2.05) is 11.0 Å². The van der Waals surface area contributed by atoms with Gasteiger partial charge in [-0.15, -0.1) is 22.9 Å². The summed E-state index contributed by atoms with van der Waals surface area (Å²) in [6, 6.07) is 11.0. The average molecular weight is 404 g/mol. The maximum absolute atomic E-state index is 13.1. The van der Waals surface area contributed by atoms with E-state index in [4.69, 9.17) is 16.3 Å². The average Bonchev–Trinajstić information content (AvgIpc) is 3.12. The molecule has 0 aliphatic carbocycles. The second-order valence-electron chi connectivity index (χ2n) is 5.95. The van der Waals surface area contributed by atoms with Gasteiger partial charge in [-0.3, -0.25) is 9.59 Å². The van der Waals surface area contributed by atoms with E-state index in [0.717, 1.165) is 0 Å². The van der Waals surface area contributed by atoms with Crippen molar-refractivity contribution in [2.75, 3.05) is 49.0 Å². The van der Waals surface area contributed by atoms with Gasteiger partial charge in [-0.25, -0.2) is 0 Å². The fraction of sp³-hybridized carbons (Fsp3) is 0.316. The number of amides is 1. The van der Waals surface area contributed by atoms with Crippen molar-refractivity contribution >= 4 is 45.3 Å². The van der Waals surface area contributed by atoms with Crippen LogP contribution in [-0.4, -0.2) is 50.9 Å². The Balaban J connectivity index is 2.15. The van der Waals surface area contributed by atoms with Crippen molar-refractivity contribution in [2.24, 2.45) is 0 Å². The van der Waals surface area contributed by atoms with E-state index in [1.54, 1.807) is 31.3 Å². The number of benzene rings is 1. The second-order valence-corrected chi connectivity index (χ2v) is 7.22. The molecule has 0 radical (unpaired) electrons. The normalized spacial score (nSPS) is 13.9. The molecule has 6 nitrogen and oxygen atoms in total. The first-order chi connectivity index (χ1) is 13.1. The smallest absolute Gasteiger partial charge is 0.241 e. The molecule has 8 heteroatoms. The minimum atomic E-state index is -0.374. The third kappa shape index (κ3) is 3.83. The van der Waals surface area contributed by atoms with Crippen molar-refractivity contribution in [2.45, 2.75) is 0 Å². The zero-order valence-electron chi connectivity index (χ0n) is 14.8. The zero-order valence-corrected chi connectivity index (χ0v) is 16.3. The number of hydrogen-bond donors (Lipinski definition) is 0. The number of alkyl halides is 1. The van der Waals surface area contributed by atoms with Crippen LogP contribution in [0, 0.1) is 11.3 Å². The van der Waals surface area contributed by atoms with Gasteiger partial charge >= 0.3 is 0 Å². The summed E-state index contributed by atoms with van der Waals surface area (Å²) in [7, 11) is 1.54. The molecule has 0 saturated carbocycles. The number of ether oxygens (including phenoxy) is 1. The molecule has 2 heterocycles. The number of nitriles is 1. The van der Waals surface area contributed by atoms with Crippen molar-refractivity contribution in [1.82, 2.24) is 0 Å². The number of carbonyl (C=O) groups excluding carboxylic acids is 2. The first-order valence-corrected chi connectivity index (χ1v) is 9.75. The highest BCUT2D eigenvalue weighted by Crippen LogP contribution is 2.42. The number of morpholine rings is 1. The van der Waals surface area contributed by atoms with E-state index in [9.17, 15) is 14.9 Å². The molecule has 0 unspecified atom stereocenters. The van der Waals surface area contributed by atoms with Crippen LogP contribution in [0.4, 0.5) is 10.7 Å². The van der Waals surface area contributed by atoms with Crippen LogP contribution in [0.5, 0.6) is 0 Å². The van der Waals surface area contributed by atoms with E-state index in [2.05, 4.69) is 6.07 Å². The lowest BCUT2D eigenvalue weighted by Gasteiger charge is -2.27. The van der Waals surface area contributed by atoms with Gasteiger partial charge in [0.15, 0.2) is 0 Å². The minimum Gasteiger partial charge on any atom is -0.378 e. The monoisotopic (exact) mass is 403 g/mol. The van der Waals surface area contributed by atoms with Crippen LogP contribution < -0.4 is 9.80 Å². The number of rotatable bonds is 5. The molecule has 1 amide bonds. The van der Waals surface area contributed by atoms with Crippen molar-refractivity contribution in [1.29, 1.82) is 5.26 Å². The number of halogens is 1. The third-order valence-corrected chi connectivity index (χ3v) is 5.81. The Bertz CT molecular complexity index is 886. The largest absolute Gasteiger partial charge is 0.378 e. The first kappa shape index (κ1) is 19.4. The molecule has 0 bridgehead atoms. The van der Waals surface area contributed by atoms with E-state index < -0.39 is 0 Å². The molecule has 3 rings (SSSR count). The summed E-state index contributed by atoms with van der Waals surface area (Å²) in [6.07, 6.45) is 0. The van der Waals surface area contributed by atoms with Crippen LogP contribution in [0.3, 0.4) is 0 Å². The van der Waals surface area contributed by atoms with Gasteiger partial charge in [-0.2, -0.15) is 5.26 Å². The number of thiophene rings is 1. The van der Waals surface area contributed by atoms with E-state index in [-0.39, 0.29) is 17.6 Å². The summed E-state index contributed by atoms with van der Waals surface area (Å²) < 4.78 is 5.38. The van der Waals surface area contributed by atoms with Crippen LogP contribution >= 0.6 is 22.9 Å². The summed E-state index contributed by atoms with van der Waals surface area (Å²) >= 11 is 6.95. The van der Waals surface area contributed by atoms with Crippen LogP contribution in [0.25, 0.3) is 0 Å². The van der Waals surface area contributed by atoms with Crippen LogP contribution in [0.1, 0.15) is 20.8 Å². The lowest BCUT2D eigenvalue weighted by molar-refractivity contribution is -0.116. The second kappa shape index (κ2) is 8.53. The Morgan fingerprint density at radius 2 is 1.96 bits per heavy atom. The molecule has 1 saturated heterocycles. The Hall–Kier alpha value is -2.40. The Morgan fingerprint density at radius 3 is 2.56 bits per heavy atom. The molecule has 1 aliphatic rings. The Morgan fingerprint density at radius 1 is 1.30 bits per heavy atom. The van der Waals surface area contributed by atoms with Gasteiger partial charge in [0.2, 0.25) is 11.7 Å². The lowest BCUT2D eigenvalue weighted by Crippen LogP contribution is -2.36. The fourth-order valence-electron chi connectivity index (χ4n) is 2.91. The highest BCUT2D eigenvalue weighted by molar-refractivity contribution is 7.19. The molecular weight excluding hydrogens is 386 g/mol. The van der Waals surface area contributed by atoms with Crippen molar-refractivity contribution < 1.29 is 14.3 Å². The van der Waals surface area contributed by atoms with E-state index in [1.165, 1.54) is 16.2 Å². The summed E-state index contributed by atoms with van der Waals surface area (Å²) in [5, 5.41) is 10.5. The molecule has 1 aromatic carbocycles. The number of nitrogens with zero attached hydrogens (tertiary/aromatic N) is 3. The molecule has 140 valence electrons. The van der Waals surface area contributed by atoms with Crippen LogP contribution in [0.15, 0.2) is 30.3 Å². The summed E-state index contributed by atoms with van der Waals surface area (Å²) in [6.45, 7) is 2.36. The fourth-order valence-corrected chi connectivity index (χ4v) is 4.38. The van der Waals surface area contributed by atoms with E-state index in [0.29, 0.717) is 53.0 Å². The minimum absolute atomic E-state index is 0.221. The van der Waals surface area contributed by atoms with Gasteiger partial charge in [0, 0.05) is 25.7 Å². The molecule has 0 N–H and O–H groups in total. The molecular formula is C19H18ClN3O3S. The molecule has 27 heavy (non-hydrogen) atoms. The van der Waals surface area contributed by atoms with Crippen LogP contribution in [-0.2, 0) is 9.53 Å². The number of carbonyl (C=O) groups is 2. The summed E-state index contributed by atoms with van der Waals surface area (Å²) in [5.41, 5.74) is 1.15. The number of ketones is 1. The Kier molecular flexibility index (Phi) is 6.11. The predicted molar refractivity (Wildman–Crippen MR) is 106 cm³/mol. The third-order valence-electron chi connectivity index (χ3n) is 4.34. The van der Waals surface area contributed by atoms with Crippen molar-refractivity contribution in [3.63, 3.8) is 0 Å². The van der Waals surface area contributed by atoms with Gasteiger partial charge < -0.3 is 14.5 Å². The van der Waals surface area contributed by atoms with Gasteiger partial charge in [0.05, 0.1) is 18.9 Å². The molecule has 1 aliphatic heterocycles. The molecule has 1 aromatic heterocycles. The highest BCUT2D eigenvalue weighted by atomic mass is 35.5. The maximum atomic E-state index is 13.1. The SMILES string of the molecule is CN(C(=O)CCl)c1c(C(=O)c2ccccc2)sc(N2CCOCC2)c1C#N. The predicted octanol–water partition coefficient (Wildman–Crippen LogP) is 2.89. The first-order valence-electron chi connectivity index (χ1n) is 8.40. The highest BCUT2D eigenvalue weighted by Gasteiger charge is 2.31. The standard InChI is InChI=1S/C19H18ClN3O3S/c1-22(15(24)11-20)16-14(12-21)19(23-7-9-26-10-8-23)27-18(16)17(25)13-5-3-2-4-6-13/h2-6H,7-11H2,1H3. The van der Waals surface area contributed by atoms with E-state index >= 15 is 0 Å². The maximum Gasteiger partial charge on any atom is 0.241 e. The zero-order chi connectivity index (χ0) is 19.4. The van der Waals surface area contributed by atoms with Gasteiger partial charge in [-0.05, 0) is 0 Å². The topological polar surface area (TPSA) is 73.6 Å². The number of anilines is 2. The molecule has 0 spiro atoms.